The minimum atomic E-state index is -4.11. The van der Waals surface area contributed by atoms with E-state index in [0.29, 0.717) is 0 Å². The molecule has 1 rings (SSSR count). The third-order valence-corrected chi connectivity index (χ3v) is 1.54. The average Bonchev–Trinajstić information content (AvgIpc) is 2.13. The van der Waals surface area contributed by atoms with Gasteiger partial charge in [-0.15, -0.1) is 0 Å². The van der Waals surface area contributed by atoms with Crippen LogP contribution in [0.1, 0.15) is 6.42 Å². The van der Waals surface area contributed by atoms with Crippen molar-refractivity contribution in [3.05, 3.63) is 30.3 Å². The minimum Gasteiger partial charge on any atom is -0.322 e. The Morgan fingerprint density at radius 2 is 1.71 bits per heavy atom. The molecule has 0 aromatic heterocycles. The molecule has 0 aliphatic carbocycles. The van der Waals surface area contributed by atoms with Crippen LogP contribution in [0.5, 0.6) is 0 Å². The molecule has 78 valence electrons. The molecule has 0 atom stereocenters. The molecule has 0 fully saturated rings. The zero-order valence-corrected chi connectivity index (χ0v) is 7.43. The largest absolute Gasteiger partial charge is 0.390 e. The van der Waals surface area contributed by atoms with Crippen molar-refractivity contribution in [2.75, 3.05) is 12.0 Å². The van der Waals surface area contributed by atoms with Crippen molar-refractivity contribution in [1.29, 1.82) is 0 Å². The van der Waals surface area contributed by atoms with E-state index in [1.807, 2.05) is 6.07 Å². The van der Waals surface area contributed by atoms with Gasteiger partial charge in [0.2, 0.25) is 0 Å². The third kappa shape index (κ3) is 4.71. The fraction of sp³-hybridized carbons (Fsp3) is 0.333. The number of halogens is 3. The molecule has 1 aromatic carbocycles. The summed E-state index contributed by atoms with van der Waals surface area (Å²) in [5.41, 5.74) is 5.90. The van der Waals surface area contributed by atoms with Gasteiger partial charge in [0, 0.05) is 12.2 Å². The predicted octanol–water partition coefficient (Wildman–Crippen LogP) is 2.56. The van der Waals surface area contributed by atoms with Gasteiger partial charge < -0.3 is 5.43 Å². The number of benzene rings is 1. The van der Waals surface area contributed by atoms with E-state index in [2.05, 4.69) is 10.9 Å². The number of hydrazine groups is 1. The van der Waals surface area contributed by atoms with E-state index in [1.54, 1.807) is 24.3 Å². The van der Waals surface area contributed by atoms with Gasteiger partial charge in [-0.2, -0.15) is 13.2 Å². The second kappa shape index (κ2) is 4.85. The molecular formula is C9H11F3N2. The third-order valence-electron chi connectivity index (χ3n) is 1.54. The summed E-state index contributed by atoms with van der Waals surface area (Å²) < 4.78 is 35.1. The van der Waals surface area contributed by atoms with Crippen LogP contribution in [0, 0.1) is 0 Å². The van der Waals surface area contributed by atoms with Crippen LogP contribution < -0.4 is 10.9 Å². The highest BCUT2D eigenvalue weighted by molar-refractivity contribution is 5.41. The minimum absolute atomic E-state index is 0.140. The van der Waals surface area contributed by atoms with Crippen LogP contribution in [0.25, 0.3) is 0 Å². The Morgan fingerprint density at radius 3 is 2.29 bits per heavy atom. The van der Waals surface area contributed by atoms with Crippen LogP contribution in [-0.4, -0.2) is 12.7 Å². The monoisotopic (exact) mass is 204 g/mol. The zero-order valence-electron chi connectivity index (χ0n) is 7.43. The molecule has 0 bridgehead atoms. The summed E-state index contributed by atoms with van der Waals surface area (Å²) in [6, 6.07) is 8.96. The highest BCUT2D eigenvalue weighted by Gasteiger charge is 2.25. The number of alkyl halides is 3. The first-order valence-corrected chi connectivity index (χ1v) is 4.18. The molecule has 0 amide bonds. The van der Waals surface area contributed by atoms with E-state index >= 15 is 0 Å². The summed E-state index contributed by atoms with van der Waals surface area (Å²) in [5, 5.41) is 0. The molecule has 2 nitrogen and oxygen atoms in total. The van der Waals surface area contributed by atoms with Crippen LogP contribution in [0.2, 0.25) is 0 Å². The lowest BCUT2D eigenvalue weighted by Gasteiger charge is -2.09. The van der Waals surface area contributed by atoms with Crippen molar-refractivity contribution in [3.8, 4) is 0 Å². The molecule has 5 heteroatoms. The van der Waals surface area contributed by atoms with Crippen LogP contribution in [-0.2, 0) is 0 Å². The average molecular weight is 204 g/mol. The number of hydrogen-bond acceptors (Lipinski definition) is 2. The van der Waals surface area contributed by atoms with Crippen molar-refractivity contribution in [2.45, 2.75) is 12.6 Å². The molecule has 0 radical (unpaired) electrons. The number of para-hydroxylation sites is 1. The molecule has 0 unspecified atom stereocenters. The first-order valence-electron chi connectivity index (χ1n) is 4.18. The summed E-state index contributed by atoms with van der Waals surface area (Å²) in [6.07, 6.45) is -4.95. The van der Waals surface area contributed by atoms with Crippen LogP contribution in [0.3, 0.4) is 0 Å². The molecule has 0 heterocycles. The highest BCUT2D eigenvalue weighted by atomic mass is 19.4. The van der Waals surface area contributed by atoms with Crippen LogP contribution >= 0.6 is 0 Å². The Kier molecular flexibility index (Phi) is 3.76. The number of nitrogens with one attached hydrogen (secondary N) is 2. The van der Waals surface area contributed by atoms with Crippen molar-refractivity contribution in [2.24, 2.45) is 0 Å². The van der Waals surface area contributed by atoms with Crippen LogP contribution in [0.4, 0.5) is 18.9 Å². The van der Waals surface area contributed by atoms with E-state index in [-0.39, 0.29) is 6.54 Å². The van der Waals surface area contributed by atoms with E-state index < -0.39 is 12.6 Å². The summed E-state index contributed by atoms with van der Waals surface area (Å²) in [7, 11) is 0. The summed E-state index contributed by atoms with van der Waals surface area (Å²) in [5.74, 6) is 0. The molecule has 0 aliphatic heterocycles. The van der Waals surface area contributed by atoms with Crippen molar-refractivity contribution >= 4 is 5.69 Å². The summed E-state index contributed by atoms with van der Waals surface area (Å²) in [6.45, 7) is -0.140. The standard InChI is InChI=1S/C9H11F3N2/c10-9(11,12)6-7-13-14-8-4-2-1-3-5-8/h1-5,13-14H,6-7H2. The van der Waals surface area contributed by atoms with E-state index in [0.717, 1.165) is 5.69 Å². The lowest BCUT2D eigenvalue weighted by molar-refractivity contribution is -0.133. The molecule has 14 heavy (non-hydrogen) atoms. The topological polar surface area (TPSA) is 24.1 Å². The zero-order chi connectivity index (χ0) is 10.4. The maximum Gasteiger partial charge on any atom is 0.390 e. The van der Waals surface area contributed by atoms with Gasteiger partial charge in [-0.1, -0.05) is 18.2 Å². The normalized spacial score (nSPS) is 11.4. The number of anilines is 1. The van der Waals surface area contributed by atoms with Gasteiger partial charge in [-0.25, -0.2) is 5.43 Å². The van der Waals surface area contributed by atoms with Gasteiger partial charge in [0.05, 0.1) is 6.42 Å². The second-order valence-electron chi connectivity index (χ2n) is 2.78. The molecule has 1 aromatic rings. The van der Waals surface area contributed by atoms with Gasteiger partial charge in [0.25, 0.3) is 0 Å². The predicted molar refractivity (Wildman–Crippen MR) is 48.7 cm³/mol. The molecule has 0 saturated carbocycles. The molecular weight excluding hydrogens is 193 g/mol. The SMILES string of the molecule is FC(F)(F)CCNNc1ccccc1. The number of rotatable bonds is 4. The molecule has 0 spiro atoms. The fourth-order valence-electron chi connectivity index (χ4n) is 0.890. The van der Waals surface area contributed by atoms with E-state index in [9.17, 15) is 13.2 Å². The van der Waals surface area contributed by atoms with Gasteiger partial charge in [-0.05, 0) is 12.1 Å². The van der Waals surface area contributed by atoms with Crippen molar-refractivity contribution in [1.82, 2.24) is 5.43 Å². The highest BCUT2D eigenvalue weighted by Crippen LogP contribution is 2.18. The number of hydrogen-bond donors (Lipinski definition) is 2. The maximum atomic E-state index is 11.7. The van der Waals surface area contributed by atoms with Crippen LogP contribution in [0.15, 0.2) is 30.3 Å². The Morgan fingerprint density at radius 1 is 1.07 bits per heavy atom. The second-order valence-corrected chi connectivity index (χ2v) is 2.78. The fourth-order valence-corrected chi connectivity index (χ4v) is 0.890. The Labute approximate surface area is 80.1 Å². The first kappa shape index (κ1) is 10.8. The van der Waals surface area contributed by atoms with Gasteiger partial charge in [0.1, 0.15) is 0 Å². The Balaban J connectivity index is 2.17. The molecule has 0 saturated heterocycles. The smallest absolute Gasteiger partial charge is 0.322 e. The van der Waals surface area contributed by atoms with Crippen molar-refractivity contribution < 1.29 is 13.2 Å². The first-order chi connectivity index (χ1) is 6.58. The summed E-state index contributed by atoms with van der Waals surface area (Å²) in [4.78, 5) is 0. The lowest BCUT2D eigenvalue weighted by atomic mass is 10.3. The Bertz CT molecular complexity index is 259. The van der Waals surface area contributed by atoms with Gasteiger partial charge in [-0.3, -0.25) is 0 Å². The van der Waals surface area contributed by atoms with Gasteiger partial charge >= 0.3 is 6.18 Å². The quantitative estimate of drug-likeness (QED) is 0.581. The van der Waals surface area contributed by atoms with E-state index in [4.69, 9.17) is 0 Å². The van der Waals surface area contributed by atoms with Gasteiger partial charge in [0.15, 0.2) is 0 Å². The lowest BCUT2D eigenvalue weighted by Crippen LogP contribution is -2.26. The van der Waals surface area contributed by atoms with Crippen molar-refractivity contribution in [3.63, 3.8) is 0 Å². The summed E-state index contributed by atoms with van der Waals surface area (Å²) >= 11 is 0. The molecule has 0 aliphatic rings. The molecule has 2 N–H and O–H groups in total. The Hall–Kier alpha value is -1.23. The van der Waals surface area contributed by atoms with E-state index in [1.165, 1.54) is 0 Å². The maximum absolute atomic E-state index is 11.7.